The van der Waals surface area contributed by atoms with E-state index in [2.05, 4.69) is 15.9 Å². The average Bonchev–Trinajstić information content (AvgIpc) is 1.81. The van der Waals surface area contributed by atoms with Crippen LogP contribution in [-0.2, 0) is 9.13 Å². The molecule has 0 saturated heterocycles. The molecule has 0 aromatic rings. The Balaban J connectivity index is 5.25. The van der Waals surface area contributed by atoms with Crippen LogP contribution in [0.2, 0.25) is 0 Å². The molecule has 0 aromatic heterocycles. The molecule has 0 spiro atoms. The molecule has 0 aromatic carbocycles. The highest BCUT2D eigenvalue weighted by molar-refractivity contribution is 9.09. The highest BCUT2D eigenvalue weighted by Gasteiger charge is 2.58. The van der Waals surface area contributed by atoms with E-state index in [0.29, 0.717) is 0 Å². The van der Waals surface area contributed by atoms with Crippen molar-refractivity contribution in [2.75, 3.05) is 5.33 Å². The molecule has 0 rings (SSSR count). The van der Waals surface area contributed by atoms with Gasteiger partial charge in [0, 0.05) is 0 Å². The summed E-state index contributed by atoms with van der Waals surface area (Å²) in [6.07, 6.45) is 0. The second-order valence-electron chi connectivity index (χ2n) is 2.00. The molecule has 0 aliphatic rings. The van der Waals surface area contributed by atoms with Gasteiger partial charge in [-0.3, -0.25) is 9.13 Å². The van der Waals surface area contributed by atoms with Crippen LogP contribution >= 0.6 is 31.1 Å². The highest BCUT2D eigenvalue weighted by Crippen LogP contribution is 2.67. The zero-order valence-corrected chi connectivity index (χ0v) is 8.91. The lowest BCUT2D eigenvalue weighted by atomic mass is 10.8. The fourth-order valence-electron chi connectivity index (χ4n) is 0.325. The summed E-state index contributed by atoms with van der Waals surface area (Å²) in [7, 11) is -10.5. The summed E-state index contributed by atoms with van der Waals surface area (Å²) in [5.41, 5.74) is 0. The molecule has 0 unspecified atom stereocenters. The van der Waals surface area contributed by atoms with Gasteiger partial charge >= 0.3 is 15.2 Å². The monoisotopic (exact) mass is 284 g/mol. The van der Waals surface area contributed by atoms with Crippen molar-refractivity contribution in [3.63, 3.8) is 0 Å². The Hall–Kier alpha value is 0.740. The van der Waals surface area contributed by atoms with Crippen molar-refractivity contribution in [3.05, 3.63) is 0 Å². The maximum Gasteiger partial charge on any atom is 0.370 e. The van der Waals surface area contributed by atoms with Crippen LogP contribution in [0.5, 0.6) is 0 Å². The number of rotatable bonds is 3. The van der Waals surface area contributed by atoms with Crippen molar-refractivity contribution in [1.29, 1.82) is 0 Å². The minimum Gasteiger partial charge on any atom is -0.367 e. The van der Waals surface area contributed by atoms with Gasteiger partial charge in [0.2, 0.25) is 0 Å². The van der Waals surface area contributed by atoms with Crippen LogP contribution in [0.15, 0.2) is 0 Å². The molecule has 74 valence electrons. The maximum atomic E-state index is 10.5. The summed E-state index contributed by atoms with van der Waals surface area (Å²) in [6.45, 7) is 0. The Morgan fingerprint density at radius 2 is 1.33 bits per heavy atom. The summed E-state index contributed by atoms with van der Waals surface area (Å²) in [5, 5.41) is 4.68. The van der Waals surface area contributed by atoms with E-state index in [1.54, 1.807) is 0 Å². The van der Waals surface area contributed by atoms with E-state index >= 15 is 0 Å². The lowest BCUT2D eigenvalue weighted by Crippen LogP contribution is -2.30. The highest BCUT2D eigenvalue weighted by atomic mass is 79.9. The van der Waals surface area contributed by atoms with E-state index < -0.39 is 25.6 Å². The van der Waals surface area contributed by atoms with Gasteiger partial charge in [-0.15, -0.1) is 0 Å². The van der Waals surface area contributed by atoms with Crippen molar-refractivity contribution in [3.8, 4) is 0 Å². The van der Waals surface area contributed by atoms with Crippen molar-refractivity contribution < 1.29 is 33.8 Å². The molecule has 0 heterocycles. The van der Waals surface area contributed by atoms with Gasteiger partial charge in [0.25, 0.3) is 5.08 Å². The Bertz CT molecular complexity index is 228. The van der Waals surface area contributed by atoms with Gasteiger partial charge in [0.15, 0.2) is 0 Å². The van der Waals surface area contributed by atoms with Crippen molar-refractivity contribution in [2.24, 2.45) is 0 Å². The number of hydrogen-bond donors (Lipinski definition) is 5. The van der Waals surface area contributed by atoms with Crippen LogP contribution in [0.25, 0.3) is 0 Å². The lowest BCUT2D eigenvalue weighted by Gasteiger charge is -2.26. The first kappa shape index (κ1) is 12.7. The average molecular weight is 285 g/mol. The first-order valence-corrected chi connectivity index (χ1v) is 6.80. The molecular weight excluding hydrogens is 278 g/mol. The zero-order valence-electron chi connectivity index (χ0n) is 5.53. The van der Waals surface area contributed by atoms with Gasteiger partial charge in [-0.1, -0.05) is 15.9 Å². The third-order valence-electron chi connectivity index (χ3n) is 1.11. The molecule has 0 aliphatic carbocycles. The van der Waals surface area contributed by atoms with Gasteiger partial charge in [-0.2, -0.15) is 0 Å². The van der Waals surface area contributed by atoms with E-state index in [4.69, 9.17) is 24.7 Å². The minimum atomic E-state index is -5.26. The van der Waals surface area contributed by atoms with Crippen LogP contribution in [-0.4, -0.2) is 35.1 Å². The number of alkyl halides is 1. The van der Waals surface area contributed by atoms with E-state index in [-0.39, 0.29) is 0 Å². The fourth-order valence-corrected chi connectivity index (χ4v) is 3.95. The summed E-state index contributed by atoms with van der Waals surface area (Å²) >= 11 is 2.41. The summed E-state index contributed by atoms with van der Waals surface area (Å²) in [4.78, 5) is 33.6. The molecule has 0 atom stereocenters. The predicted octanol–water partition coefficient (Wildman–Crippen LogP) is -0.617. The Morgan fingerprint density at radius 3 is 1.33 bits per heavy atom. The van der Waals surface area contributed by atoms with Crippen molar-refractivity contribution in [2.45, 2.75) is 5.08 Å². The van der Waals surface area contributed by atoms with Gasteiger partial charge in [-0.25, -0.2) is 0 Å². The number of aliphatic hydroxyl groups is 1. The normalized spacial score (nSPS) is 14.8. The zero-order chi connectivity index (χ0) is 10.2. The van der Waals surface area contributed by atoms with E-state index in [1.807, 2.05) is 0 Å². The van der Waals surface area contributed by atoms with E-state index in [9.17, 15) is 9.13 Å². The standard InChI is InChI=1S/C2H7BrO7P2/c3-1-2(4,11(5,6)7)12(8,9)10/h4H,1H2,(H2,5,6,7)(H2,8,9,10). The van der Waals surface area contributed by atoms with Gasteiger partial charge in [-0.05, 0) is 0 Å². The molecule has 0 fully saturated rings. The molecule has 5 N–H and O–H groups in total. The second-order valence-corrected chi connectivity index (χ2v) is 6.57. The molecule has 10 heteroatoms. The van der Waals surface area contributed by atoms with Crippen LogP contribution in [0.3, 0.4) is 0 Å². The molecular formula is C2H7BrO7P2. The van der Waals surface area contributed by atoms with Gasteiger partial charge in [0.05, 0.1) is 5.33 Å². The summed E-state index contributed by atoms with van der Waals surface area (Å²) < 4.78 is 20.9. The van der Waals surface area contributed by atoms with E-state index in [1.165, 1.54) is 0 Å². The number of hydrogen-bond acceptors (Lipinski definition) is 3. The summed E-state index contributed by atoms with van der Waals surface area (Å²) in [5.74, 6) is 0. The fraction of sp³-hybridized carbons (Fsp3) is 1.00. The quantitative estimate of drug-likeness (QED) is 0.344. The predicted molar refractivity (Wildman–Crippen MR) is 42.8 cm³/mol. The van der Waals surface area contributed by atoms with Crippen molar-refractivity contribution in [1.82, 2.24) is 0 Å². The molecule has 7 nitrogen and oxygen atoms in total. The van der Waals surface area contributed by atoms with Gasteiger partial charge < -0.3 is 24.7 Å². The number of halogens is 1. The third kappa shape index (κ3) is 2.16. The lowest BCUT2D eigenvalue weighted by molar-refractivity contribution is 0.150. The SMILES string of the molecule is O=P(O)(O)C(O)(CBr)P(=O)(O)O. The first-order valence-electron chi connectivity index (χ1n) is 2.46. The van der Waals surface area contributed by atoms with E-state index in [0.717, 1.165) is 0 Å². The maximum absolute atomic E-state index is 10.5. The smallest absolute Gasteiger partial charge is 0.367 e. The van der Waals surface area contributed by atoms with Crippen LogP contribution in [0.1, 0.15) is 0 Å². The molecule has 0 saturated carbocycles. The molecule has 0 aliphatic heterocycles. The van der Waals surface area contributed by atoms with Crippen LogP contribution < -0.4 is 0 Å². The molecule has 0 bridgehead atoms. The first-order chi connectivity index (χ1) is 5.06. The topological polar surface area (TPSA) is 135 Å². The largest absolute Gasteiger partial charge is 0.370 e. The van der Waals surface area contributed by atoms with Gasteiger partial charge in [0.1, 0.15) is 0 Å². The molecule has 0 radical (unpaired) electrons. The minimum absolute atomic E-state index is 0.908. The second kappa shape index (κ2) is 3.48. The Kier molecular flexibility index (Phi) is 3.69. The Labute approximate surface area is 75.9 Å². The third-order valence-corrected chi connectivity index (χ3v) is 6.54. The van der Waals surface area contributed by atoms with Crippen molar-refractivity contribution >= 4 is 31.1 Å². The molecule has 0 amide bonds. The summed E-state index contributed by atoms with van der Waals surface area (Å²) in [6, 6.07) is 0. The Morgan fingerprint density at radius 1 is 1.08 bits per heavy atom. The van der Waals surface area contributed by atoms with Crippen LogP contribution in [0, 0.1) is 0 Å². The molecule has 12 heavy (non-hydrogen) atoms. The van der Waals surface area contributed by atoms with Crippen LogP contribution in [0.4, 0.5) is 0 Å².